The van der Waals surface area contributed by atoms with Crippen LogP contribution in [0.15, 0.2) is 18.2 Å². The fourth-order valence-corrected chi connectivity index (χ4v) is 2.20. The summed E-state index contributed by atoms with van der Waals surface area (Å²) in [5.74, 6) is 0.566. The molecule has 0 radical (unpaired) electrons. The third-order valence-electron chi connectivity index (χ3n) is 3.24. The molecular formula is C14H19NO3. The van der Waals surface area contributed by atoms with Gasteiger partial charge in [-0.2, -0.15) is 0 Å². The van der Waals surface area contributed by atoms with Gasteiger partial charge < -0.3 is 14.8 Å². The van der Waals surface area contributed by atoms with Gasteiger partial charge in [-0.3, -0.25) is 4.79 Å². The summed E-state index contributed by atoms with van der Waals surface area (Å²) in [5.41, 5.74) is 1.56. The normalized spacial score (nSPS) is 16.3. The molecule has 1 N–H and O–H groups in total. The van der Waals surface area contributed by atoms with E-state index >= 15 is 0 Å². The van der Waals surface area contributed by atoms with E-state index in [9.17, 15) is 4.79 Å². The molecule has 4 heteroatoms. The average Bonchev–Trinajstić information content (AvgIpc) is 2.39. The highest BCUT2D eigenvalue weighted by atomic mass is 16.5. The van der Waals surface area contributed by atoms with Crippen molar-refractivity contribution in [2.24, 2.45) is 0 Å². The van der Waals surface area contributed by atoms with Crippen LogP contribution in [0.3, 0.4) is 0 Å². The average molecular weight is 249 g/mol. The van der Waals surface area contributed by atoms with Gasteiger partial charge in [0.2, 0.25) is 0 Å². The first-order chi connectivity index (χ1) is 8.72. The van der Waals surface area contributed by atoms with Crippen molar-refractivity contribution in [2.75, 3.05) is 20.3 Å². The largest absolute Gasteiger partial charge is 0.496 e. The number of carbonyl (C=O) groups excluding carboxylic acids is 1. The van der Waals surface area contributed by atoms with E-state index in [1.54, 1.807) is 7.11 Å². The highest BCUT2D eigenvalue weighted by Crippen LogP contribution is 2.22. The van der Waals surface area contributed by atoms with Gasteiger partial charge in [-0.25, -0.2) is 0 Å². The summed E-state index contributed by atoms with van der Waals surface area (Å²) in [6.07, 6.45) is 1.75. The van der Waals surface area contributed by atoms with Gasteiger partial charge in [0, 0.05) is 19.3 Å². The Morgan fingerprint density at radius 2 is 2.11 bits per heavy atom. The molecule has 1 amide bonds. The SMILES string of the molecule is COc1cccc(C)c1C(=O)NC1CCOCC1. The molecule has 0 saturated carbocycles. The molecule has 1 saturated heterocycles. The zero-order valence-electron chi connectivity index (χ0n) is 10.9. The van der Waals surface area contributed by atoms with E-state index < -0.39 is 0 Å². The number of aryl methyl sites for hydroxylation is 1. The minimum Gasteiger partial charge on any atom is -0.496 e. The fraction of sp³-hybridized carbons (Fsp3) is 0.500. The smallest absolute Gasteiger partial charge is 0.255 e. The lowest BCUT2D eigenvalue weighted by Crippen LogP contribution is -2.39. The first-order valence-corrected chi connectivity index (χ1v) is 6.24. The van der Waals surface area contributed by atoms with E-state index in [1.807, 2.05) is 25.1 Å². The van der Waals surface area contributed by atoms with E-state index in [2.05, 4.69) is 5.32 Å². The summed E-state index contributed by atoms with van der Waals surface area (Å²) in [6.45, 7) is 3.35. The van der Waals surface area contributed by atoms with Crippen LogP contribution in [0.4, 0.5) is 0 Å². The molecule has 1 heterocycles. The molecule has 18 heavy (non-hydrogen) atoms. The minimum atomic E-state index is -0.0585. The second-order valence-electron chi connectivity index (χ2n) is 4.51. The Morgan fingerprint density at radius 3 is 2.78 bits per heavy atom. The van der Waals surface area contributed by atoms with E-state index in [-0.39, 0.29) is 11.9 Å². The first kappa shape index (κ1) is 12.9. The van der Waals surface area contributed by atoms with Crippen molar-refractivity contribution in [3.63, 3.8) is 0 Å². The summed E-state index contributed by atoms with van der Waals surface area (Å²) < 4.78 is 10.5. The van der Waals surface area contributed by atoms with Crippen molar-refractivity contribution < 1.29 is 14.3 Å². The third kappa shape index (κ3) is 2.82. The van der Waals surface area contributed by atoms with Gasteiger partial charge in [-0.1, -0.05) is 12.1 Å². The maximum Gasteiger partial charge on any atom is 0.255 e. The Bertz CT molecular complexity index is 425. The van der Waals surface area contributed by atoms with Crippen LogP contribution in [0.5, 0.6) is 5.75 Å². The zero-order chi connectivity index (χ0) is 13.0. The van der Waals surface area contributed by atoms with E-state index in [0.717, 1.165) is 31.6 Å². The van der Waals surface area contributed by atoms with Gasteiger partial charge in [-0.15, -0.1) is 0 Å². The summed E-state index contributed by atoms with van der Waals surface area (Å²) in [6, 6.07) is 5.82. The van der Waals surface area contributed by atoms with Crippen molar-refractivity contribution in [3.8, 4) is 5.75 Å². The number of ether oxygens (including phenoxy) is 2. The van der Waals surface area contributed by atoms with Crippen LogP contribution in [0.1, 0.15) is 28.8 Å². The lowest BCUT2D eigenvalue weighted by Gasteiger charge is -2.23. The Hall–Kier alpha value is -1.55. The maximum absolute atomic E-state index is 12.3. The van der Waals surface area contributed by atoms with Crippen LogP contribution in [0.2, 0.25) is 0 Å². The van der Waals surface area contributed by atoms with Gasteiger partial charge in [0.25, 0.3) is 5.91 Å². The van der Waals surface area contributed by atoms with Crippen molar-refractivity contribution >= 4 is 5.91 Å². The molecule has 2 rings (SSSR count). The highest BCUT2D eigenvalue weighted by Gasteiger charge is 2.20. The van der Waals surface area contributed by atoms with Gasteiger partial charge in [0.1, 0.15) is 5.75 Å². The standard InChI is InChI=1S/C14H19NO3/c1-10-4-3-5-12(17-2)13(10)14(16)15-11-6-8-18-9-7-11/h3-5,11H,6-9H2,1-2H3,(H,15,16). The molecule has 0 aromatic heterocycles. The Labute approximate surface area is 107 Å². The van der Waals surface area contributed by atoms with E-state index in [1.165, 1.54) is 0 Å². The van der Waals surface area contributed by atoms with Crippen LogP contribution < -0.4 is 10.1 Å². The molecule has 4 nitrogen and oxygen atoms in total. The second kappa shape index (κ2) is 5.87. The molecule has 1 aliphatic heterocycles. The highest BCUT2D eigenvalue weighted by molar-refractivity contribution is 5.98. The Morgan fingerprint density at radius 1 is 1.39 bits per heavy atom. The number of hydrogen-bond donors (Lipinski definition) is 1. The lowest BCUT2D eigenvalue weighted by atomic mass is 10.0. The zero-order valence-corrected chi connectivity index (χ0v) is 10.9. The number of nitrogens with one attached hydrogen (secondary N) is 1. The summed E-state index contributed by atoms with van der Waals surface area (Å²) in [7, 11) is 1.58. The molecule has 0 spiro atoms. The predicted octanol–water partition coefficient (Wildman–Crippen LogP) is 1.91. The Kier molecular flexibility index (Phi) is 4.20. The first-order valence-electron chi connectivity index (χ1n) is 6.24. The number of carbonyl (C=O) groups is 1. The minimum absolute atomic E-state index is 0.0585. The number of benzene rings is 1. The van der Waals surface area contributed by atoms with Gasteiger partial charge in [0.15, 0.2) is 0 Å². The van der Waals surface area contributed by atoms with Crippen LogP contribution >= 0.6 is 0 Å². The summed E-state index contributed by atoms with van der Waals surface area (Å²) in [5, 5.41) is 3.05. The summed E-state index contributed by atoms with van der Waals surface area (Å²) >= 11 is 0. The Balaban J connectivity index is 2.12. The molecule has 98 valence electrons. The molecule has 1 aliphatic rings. The number of rotatable bonds is 3. The molecule has 1 aromatic carbocycles. The fourth-order valence-electron chi connectivity index (χ4n) is 2.20. The molecule has 0 bridgehead atoms. The molecule has 0 aliphatic carbocycles. The lowest BCUT2D eigenvalue weighted by molar-refractivity contribution is 0.0695. The topological polar surface area (TPSA) is 47.6 Å². The van der Waals surface area contributed by atoms with Crippen molar-refractivity contribution in [1.29, 1.82) is 0 Å². The monoisotopic (exact) mass is 249 g/mol. The molecular weight excluding hydrogens is 230 g/mol. The maximum atomic E-state index is 12.3. The number of amides is 1. The number of methoxy groups -OCH3 is 1. The molecule has 1 fully saturated rings. The van der Waals surface area contributed by atoms with Gasteiger partial charge >= 0.3 is 0 Å². The molecule has 0 atom stereocenters. The van der Waals surface area contributed by atoms with E-state index in [0.29, 0.717) is 11.3 Å². The van der Waals surface area contributed by atoms with Crippen LogP contribution in [-0.4, -0.2) is 32.3 Å². The third-order valence-corrected chi connectivity index (χ3v) is 3.24. The van der Waals surface area contributed by atoms with Gasteiger partial charge in [0.05, 0.1) is 12.7 Å². The predicted molar refractivity (Wildman–Crippen MR) is 69.0 cm³/mol. The van der Waals surface area contributed by atoms with Crippen LogP contribution in [0, 0.1) is 6.92 Å². The van der Waals surface area contributed by atoms with Crippen molar-refractivity contribution in [2.45, 2.75) is 25.8 Å². The quantitative estimate of drug-likeness (QED) is 0.890. The molecule has 0 unspecified atom stereocenters. The number of hydrogen-bond acceptors (Lipinski definition) is 3. The summed E-state index contributed by atoms with van der Waals surface area (Å²) in [4.78, 5) is 12.3. The second-order valence-corrected chi connectivity index (χ2v) is 4.51. The van der Waals surface area contributed by atoms with Gasteiger partial charge in [-0.05, 0) is 31.4 Å². The van der Waals surface area contributed by atoms with Crippen LogP contribution in [0.25, 0.3) is 0 Å². The van der Waals surface area contributed by atoms with Crippen LogP contribution in [-0.2, 0) is 4.74 Å². The van der Waals surface area contributed by atoms with E-state index in [4.69, 9.17) is 9.47 Å². The molecule has 1 aromatic rings. The van der Waals surface area contributed by atoms with Crippen molar-refractivity contribution in [3.05, 3.63) is 29.3 Å². The van der Waals surface area contributed by atoms with Crippen molar-refractivity contribution in [1.82, 2.24) is 5.32 Å².